The first-order chi connectivity index (χ1) is 15.4. The summed E-state index contributed by atoms with van der Waals surface area (Å²) in [6.45, 7) is 6.78. The third-order valence-electron chi connectivity index (χ3n) is 5.97. The first-order valence-corrected chi connectivity index (χ1v) is 10.8. The highest BCUT2D eigenvalue weighted by Gasteiger charge is 2.20. The number of anilines is 2. The van der Waals surface area contributed by atoms with Gasteiger partial charge in [-0.15, -0.1) is 0 Å². The number of likely N-dealkylation sites (N-methyl/N-ethyl adjacent to an activating group) is 1. The Morgan fingerprint density at radius 3 is 2.47 bits per heavy atom. The summed E-state index contributed by atoms with van der Waals surface area (Å²) in [4.78, 5) is 17.0. The van der Waals surface area contributed by atoms with E-state index in [-0.39, 0.29) is 5.75 Å². The van der Waals surface area contributed by atoms with Crippen LogP contribution in [0.15, 0.2) is 42.5 Å². The second-order valence-electron chi connectivity index (χ2n) is 8.40. The highest BCUT2D eigenvalue weighted by Crippen LogP contribution is 2.25. The maximum absolute atomic E-state index is 12.2. The van der Waals surface area contributed by atoms with Crippen molar-refractivity contribution in [1.29, 1.82) is 0 Å². The molecule has 0 bridgehead atoms. The van der Waals surface area contributed by atoms with E-state index in [9.17, 15) is 9.90 Å². The number of nitrogens with two attached hydrogens (primary N) is 1. The topological polar surface area (TPSA) is 111 Å². The fraction of sp³-hybridized carbons (Fsp3) is 0.333. The van der Waals surface area contributed by atoms with Crippen LogP contribution in [0.3, 0.4) is 0 Å². The molecule has 1 fully saturated rings. The van der Waals surface area contributed by atoms with Gasteiger partial charge in [-0.05, 0) is 48.9 Å². The minimum Gasteiger partial charge on any atom is -0.508 e. The van der Waals surface area contributed by atoms with Crippen molar-refractivity contribution in [3.05, 3.63) is 70.4 Å². The molecule has 4 rings (SSSR count). The van der Waals surface area contributed by atoms with Crippen molar-refractivity contribution in [3.8, 4) is 5.75 Å². The standard InChI is InChI=1S/C24H30N6O2/c1-16-13-18(5-8-21(16)30-11-9-29(2)10-12-30)14-20-22(23(25)32)24(28-27-20)26-15-17-3-6-19(31)7-4-17/h3-8,13,31H,9-12,14-15H2,1-2H3,(H2,25,32)(H2,26,27,28). The maximum atomic E-state index is 12.2. The van der Waals surface area contributed by atoms with E-state index in [0.717, 1.165) is 37.3 Å². The molecule has 32 heavy (non-hydrogen) atoms. The fourth-order valence-corrected chi connectivity index (χ4v) is 4.13. The molecule has 2 aromatic carbocycles. The quantitative estimate of drug-likeness (QED) is 0.455. The van der Waals surface area contributed by atoms with Gasteiger partial charge in [0.1, 0.15) is 11.3 Å². The largest absolute Gasteiger partial charge is 0.508 e. The first-order valence-electron chi connectivity index (χ1n) is 10.8. The van der Waals surface area contributed by atoms with Crippen LogP contribution in [0, 0.1) is 6.92 Å². The third kappa shape index (κ3) is 4.86. The average Bonchev–Trinajstić information content (AvgIpc) is 3.17. The van der Waals surface area contributed by atoms with Crippen LogP contribution in [-0.2, 0) is 13.0 Å². The van der Waals surface area contributed by atoms with E-state index < -0.39 is 5.91 Å². The Morgan fingerprint density at radius 1 is 1.12 bits per heavy atom. The lowest BCUT2D eigenvalue weighted by molar-refractivity contribution is 0.100. The number of benzene rings is 2. The van der Waals surface area contributed by atoms with E-state index >= 15 is 0 Å². The summed E-state index contributed by atoms with van der Waals surface area (Å²) in [6, 6.07) is 13.3. The lowest BCUT2D eigenvalue weighted by Crippen LogP contribution is -2.44. The third-order valence-corrected chi connectivity index (χ3v) is 5.97. The Balaban J connectivity index is 1.48. The summed E-state index contributed by atoms with van der Waals surface area (Å²) in [5.74, 6) is 0.127. The van der Waals surface area contributed by atoms with Gasteiger partial charge in [0, 0.05) is 44.8 Å². The Labute approximate surface area is 188 Å². The summed E-state index contributed by atoms with van der Waals surface area (Å²) in [6.07, 6.45) is 0.538. The number of amides is 1. The number of hydrogen-bond acceptors (Lipinski definition) is 6. The molecular weight excluding hydrogens is 404 g/mol. The number of nitrogens with one attached hydrogen (secondary N) is 2. The number of phenols is 1. The predicted molar refractivity (Wildman–Crippen MR) is 126 cm³/mol. The lowest BCUT2D eigenvalue weighted by Gasteiger charge is -2.35. The summed E-state index contributed by atoms with van der Waals surface area (Å²) in [7, 11) is 2.15. The Hall–Kier alpha value is -3.52. The zero-order valence-corrected chi connectivity index (χ0v) is 18.6. The minimum atomic E-state index is -0.521. The van der Waals surface area contributed by atoms with Crippen LogP contribution < -0.4 is 16.0 Å². The van der Waals surface area contributed by atoms with Gasteiger partial charge in [0.2, 0.25) is 0 Å². The number of rotatable bonds is 7. The van der Waals surface area contributed by atoms with Gasteiger partial charge >= 0.3 is 0 Å². The summed E-state index contributed by atoms with van der Waals surface area (Å²) in [5, 5.41) is 19.9. The van der Waals surface area contributed by atoms with Crippen LogP contribution in [0.4, 0.5) is 11.5 Å². The Morgan fingerprint density at radius 2 is 1.81 bits per heavy atom. The predicted octanol–water partition coefficient (Wildman–Crippen LogP) is 2.48. The average molecular weight is 435 g/mol. The van der Waals surface area contributed by atoms with Crippen molar-refractivity contribution in [2.75, 3.05) is 43.4 Å². The van der Waals surface area contributed by atoms with E-state index in [1.807, 2.05) is 12.1 Å². The number of aryl methyl sites for hydroxylation is 1. The van der Waals surface area contributed by atoms with Crippen molar-refractivity contribution in [2.24, 2.45) is 5.73 Å². The van der Waals surface area contributed by atoms with Crippen molar-refractivity contribution >= 4 is 17.4 Å². The second-order valence-corrected chi connectivity index (χ2v) is 8.40. The number of aromatic nitrogens is 2. The molecule has 1 aliphatic rings. The summed E-state index contributed by atoms with van der Waals surface area (Å²) < 4.78 is 0. The highest BCUT2D eigenvalue weighted by atomic mass is 16.3. The van der Waals surface area contributed by atoms with E-state index in [4.69, 9.17) is 5.73 Å². The van der Waals surface area contributed by atoms with E-state index in [1.165, 1.54) is 11.3 Å². The SMILES string of the molecule is Cc1cc(Cc2[nH]nc(NCc3ccc(O)cc3)c2C(N)=O)ccc1N1CCN(C)CC1. The fourth-order valence-electron chi connectivity index (χ4n) is 4.13. The van der Waals surface area contributed by atoms with E-state index in [0.29, 0.717) is 30.0 Å². The van der Waals surface area contributed by atoms with E-state index in [1.54, 1.807) is 12.1 Å². The molecule has 0 atom stereocenters. The number of nitrogens with zero attached hydrogens (tertiary/aromatic N) is 3. The van der Waals surface area contributed by atoms with Gasteiger partial charge < -0.3 is 26.0 Å². The van der Waals surface area contributed by atoms with Crippen molar-refractivity contribution < 1.29 is 9.90 Å². The molecule has 2 heterocycles. The van der Waals surface area contributed by atoms with Crippen LogP contribution in [0.2, 0.25) is 0 Å². The number of carbonyl (C=O) groups excluding carboxylic acids is 1. The molecule has 0 aliphatic carbocycles. The van der Waals surface area contributed by atoms with Gasteiger partial charge in [0.15, 0.2) is 5.82 Å². The molecule has 5 N–H and O–H groups in total. The summed E-state index contributed by atoms with van der Waals surface area (Å²) >= 11 is 0. The van der Waals surface area contributed by atoms with Crippen molar-refractivity contribution in [2.45, 2.75) is 19.9 Å². The minimum absolute atomic E-state index is 0.211. The Kier molecular flexibility index (Phi) is 6.32. The molecule has 0 spiro atoms. The molecule has 8 nitrogen and oxygen atoms in total. The van der Waals surface area contributed by atoms with Gasteiger partial charge in [0.25, 0.3) is 5.91 Å². The van der Waals surface area contributed by atoms with Crippen LogP contribution in [0.25, 0.3) is 0 Å². The molecule has 0 unspecified atom stereocenters. The molecule has 1 aromatic heterocycles. The number of carbonyl (C=O) groups is 1. The van der Waals surface area contributed by atoms with Gasteiger partial charge in [-0.3, -0.25) is 9.89 Å². The van der Waals surface area contributed by atoms with Gasteiger partial charge in [0.05, 0.1) is 5.69 Å². The van der Waals surface area contributed by atoms with Crippen LogP contribution in [0.5, 0.6) is 5.75 Å². The number of piperazine rings is 1. The number of primary amides is 1. The normalized spacial score (nSPS) is 14.5. The first kappa shape index (κ1) is 21.7. The van der Waals surface area contributed by atoms with Gasteiger partial charge in [-0.1, -0.05) is 24.3 Å². The lowest BCUT2D eigenvalue weighted by atomic mass is 10.0. The molecule has 1 amide bonds. The van der Waals surface area contributed by atoms with Crippen LogP contribution in [0.1, 0.15) is 32.7 Å². The molecule has 3 aromatic rings. The number of phenolic OH excluding ortho intramolecular Hbond substituents is 1. The zero-order chi connectivity index (χ0) is 22.7. The van der Waals surface area contributed by atoms with Crippen LogP contribution >= 0.6 is 0 Å². The Bertz CT molecular complexity index is 1080. The second kappa shape index (κ2) is 9.32. The molecule has 0 saturated carbocycles. The van der Waals surface area contributed by atoms with Crippen molar-refractivity contribution in [3.63, 3.8) is 0 Å². The molecule has 8 heteroatoms. The van der Waals surface area contributed by atoms with Crippen molar-refractivity contribution in [1.82, 2.24) is 15.1 Å². The zero-order valence-electron chi connectivity index (χ0n) is 18.6. The molecule has 0 radical (unpaired) electrons. The van der Waals surface area contributed by atoms with Crippen LogP contribution in [-0.4, -0.2) is 59.3 Å². The van der Waals surface area contributed by atoms with Gasteiger partial charge in [-0.25, -0.2) is 0 Å². The number of H-pyrrole nitrogens is 1. The molecule has 168 valence electrons. The van der Waals surface area contributed by atoms with Gasteiger partial charge in [-0.2, -0.15) is 5.10 Å². The number of aromatic amines is 1. The number of aromatic hydroxyl groups is 1. The maximum Gasteiger partial charge on any atom is 0.254 e. The molecular formula is C24H30N6O2. The summed E-state index contributed by atoms with van der Waals surface area (Å²) in [5.41, 5.74) is 11.3. The molecule has 1 saturated heterocycles. The van der Waals surface area contributed by atoms with E-state index in [2.05, 4.69) is 57.5 Å². The molecule has 1 aliphatic heterocycles. The highest BCUT2D eigenvalue weighted by molar-refractivity contribution is 5.99. The smallest absolute Gasteiger partial charge is 0.254 e. The number of hydrogen-bond donors (Lipinski definition) is 4. The monoisotopic (exact) mass is 434 g/mol.